The number of hydrogen-bond donors (Lipinski definition) is 2. The molecule has 0 heterocycles. The Kier molecular flexibility index (Phi) is 4.73. The summed E-state index contributed by atoms with van der Waals surface area (Å²) >= 11 is 0. The number of nitriles is 1. The van der Waals surface area contributed by atoms with Crippen molar-refractivity contribution in [2.45, 2.75) is 6.92 Å². The molecular weight excluding hydrogens is 252 g/mol. The minimum atomic E-state index is -3.64. The molecule has 0 aliphatic rings. The smallest absolute Gasteiger partial charge is 0.246 e. The fourth-order valence-corrected chi connectivity index (χ4v) is 1.98. The molecule has 5 nitrogen and oxygen atoms in total. The van der Waals surface area contributed by atoms with E-state index in [-0.39, 0.29) is 6.61 Å². The van der Waals surface area contributed by atoms with Crippen LogP contribution in [-0.2, 0) is 10.0 Å². The van der Waals surface area contributed by atoms with E-state index < -0.39 is 15.8 Å². The van der Waals surface area contributed by atoms with E-state index in [4.69, 9.17) is 10.4 Å². The van der Waals surface area contributed by atoms with Crippen LogP contribution in [0.4, 0.5) is 5.69 Å². The molecule has 0 saturated carbocycles. The zero-order valence-corrected chi connectivity index (χ0v) is 10.6. The average Bonchev–Trinajstić information content (AvgIpc) is 2.29. The molecule has 0 radical (unpaired) electrons. The van der Waals surface area contributed by atoms with Gasteiger partial charge in [0.25, 0.3) is 0 Å². The van der Waals surface area contributed by atoms with Gasteiger partial charge in [0.15, 0.2) is 5.75 Å². The fraction of sp³-hybridized carbons (Fsp3) is 0.250. The van der Waals surface area contributed by atoms with Crippen LogP contribution in [0.5, 0.6) is 0 Å². The number of aliphatic hydroxyl groups is 1. The number of benzene rings is 1. The zero-order valence-electron chi connectivity index (χ0n) is 9.77. The third-order valence-corrected chi connectivity index (χ3v) is 3.12. The van der Waals surface area contributed by atoms with Gasteiger partial charge in [-0.2, -0.15) is 5.26 Å². The van der Waals surface area contributed by atoms with Crippen LogP contribution >= 0.6 is 0 Å². The molecule has 0 aliphatic carbocycles. The molecule has 0 unspecified atom stereocenters. The predicted octanol–water partition coefficient (Wildman–Crippen LogP) is 0.604. The van der Waals surface area contributed by atoms with Crippen molar-refractivity contribution < 1.29 is 13.5 Å². The maximum Gasteiger partial charge on any atom is 0.246 e. The van der Waals surface area contributed by atoms with Crippen molar-refractivity contribution in [1.29, 1.82) is 5.26 Å². The maximum absolute atomic E-state index is 11.4. The van der Waals surface area contributed by atoms with Crippen LogP contribution in [0, 0.1) is 30.1 Å². The molecule has 0 aliphatic heterocycles. The van der Waals surface area contributed by atoms with Crippen molar-refractivity contribution in [3.63, 3.8) is 0 Å². The number of anilines is 1. The van der Waals surface area contributed by atoms with Gasteiger partial charge in [0.2, 0.25) is 10.0 Å². The number of rotatable bonds is 3. The van der Waals surface area contributed by atoms with Crippen molar-refractivity contribution in [2.24, 2.45) is 0 Å². The Balaban J connectivity index is 3.03. The standard InChI is InChI=1S/C12H12N2O3S/c1-10-4-5-12(9-11(10)3-2-7-15)14-18(16,17)8-6-13/h4-5,9,14-15H,7-8H2,1H3. The molecule has 0 bridgehead atoms. The van der Waals surface area contributed by atoms with Crippen molar-refractivity contribution in [3.8, 4) is 17.9 Å². The second-order valence-corrected chi connectivity index (χ2v) is 5.23. The highest BCUT2D eigenvalue weighted by molar-refractivity contribution is 7.92. The topological polar surface area (TPSA) is 90.2 Å². The van der Waals surface area contributed by atoms with Crippen LogP contribution < -0.4 is 4.72 Å². The van der Waals surface area contributed by atoms with Gasteiger partial charge in [-0.3, -0.25) is 4.72 Å². The van der Waals surface area contributed by atoms with Crippen LogP contribution in [-0.4, -0.2) is 25.9 Å². The zero-order chi connectivity index (χ0) is 13.6. The minimum Gasteiger partial charge on any atom is -0.384 e. The van der Waals surface area contributed by atoms with Gasteiger partial charge in [-0.1, -0.05) is 17.9 Å². The third kappa shape index (κ3) is 4.10. The highest BCUT2D eigenvalue weighted by atomic mass is 32.2. The summed E-state index contributed by atoms with van der Waals surface area (Å²) in [5, 5.41) is 17.0. The summed E-state index contributed by atoms with van der Waals surface area (Å²) in [5.74, 6) is 4.62. The third-order valence-electron chi connectivity index (χ3n) is 2.07. The first-order valence-electron chi connectivity index (χ1n) is 5.06. The van der Waals surface area contributed by atoms with Crippen LogP contribution in [0.25, 0.3) is 0 Å². The van der Waals surface area contributed by atoms with Gasteiger partial charge in [-0.15, -0.1) is 0 Å². The van der Waals surface area contributed by atoms with Crippen molar-refractivity contribution in [2.75, 3.05) is 17.1 Å². The Morgan fingerprint density at radius 1 is 1.44 bits per heavy atom. The lowest BCUT2D eigenvalue weighted by Crippen LogP contribution is -2.15. The molecule has 1 aromatic rings. The minimum absolute atomic E-state index is 0.260. The summed E-state index contributed by atoms with van der Waals surface area (Å²) in [6, 6.07) is 6.44. The van der Waals surface area contributed by atoms with Crippen LogP contribution in [0.2, 0.25) is 0 Å². The van der Waals surface area contributed by atoms with E-state index in [9.17, 15) is 8.42 Å². The maximum atomic E-state index is 11.4. The van der Waals surface area contributed by atoms with Gasteiger partial charge in [-0.05, 0) is 24.6 Å². The van der Waals surface area contributed by atoms with E-state index >= 15 is 0 Å². The average molecular weight is 264 g/mol. The van der Waals surface area contributed by atoms with Gasteiger partial charge < -0.3 is 5.11 Å². The lowest BCUT2D eigenvalue weighted by molar-refractivity contribution is 0.350. The summed E-state index contributed by atoms with van der Waals surface area (Å²) in [4.78, 5) is 0. The van der Waals surface area contributed by atoms with Crippen LogP contribution in [0.15, 0.2) is 18.2 Å². The molecule has 0 aromatic heterocycles. The summed E-state index contributed by atoms with van der Waals surface area (Å²) in [5.41, 5.74) is 1.85. The van der Waals surface area contributed by atoms with Crippen molar-refractivity contribution in [3.05, 3.63) is 29.3 Å². The molecule has 0 amide bonds. The quantitative estimate of drug-likeness (QED) is 0.782. The van der Waals surface area contributed by atoms with Gasteiger partial charge in [-0.25, -0.2) is 8.42 Å². The highest BCUT2D eigenvalue weighted by Crippen LogP contribution is 2.15. The summed E-state index contributed by atoms with van der Waals surface area (Å²) < 4.78 is 25.1. The Labute approximate surface area is 106 Å². The van der Waals surface area contributed by atoms with E-state index in [2.05, 4.69) is 16.6 Å². The summed E-state index contributed by atoms with van der Waals surface area (Å²) in [6.07, 6.45) is 0. The van der Waals surface area contributed by atoms with Crippen LogP contribution in [0.3, 0.4) is 0 Å². The largest absolute Gasteiger partial charge is 0.384 e. The molecule has 0 atom stereocenters. The van der Waals surface area contributed by atoms with E-state index in [0.29, 0.717) is 11.3 Å². The van der Waals surface area contributed by atoms with E-state index in [1.54, 1.807) is 24.3 Å². The summed E-state index contributed by atoms with van der Waals surface area (Å²) in [6.45, 7) is 1.57. The molecule has 0 spiro atoms. The number of nitrogens with one attached hydrogen (secondary N) is 1. The van der Waals surface area contributed by atoms with Crippen molar-refractivity contribution in [1.82, 2.24) is 0 Å². The van der Waals surface area contributed by atoms with Gasteiger partial charge >= 0.3 is 0 Å². The van der Waals surface area contributed by atoms with Gasteiger partial charge in [0, 0.05) is 11.3 Å². The van der Waals surface area contributed by atoms with Gasteiger partial charge in [0.05, 0.1) is 6.07 Å². The molecule has 6 heteroatoms. The Morgan fingerprint density at radius 2 is 2.17 bits per heavy atom. The van der Waals surface area contributed by atoms with E-state index in [1.807, 2.05) is 6.92 Å². The second kappa shape index (κ2) is 6.06. The summed E-state index contributed by atoms with van der Waals surface area (Å²) in [7, 11) is -3.64. The van der Waals surface area contributed by atoms with Crippen LogP contribution in [0.1, 0.15) is 11.1 Å². The molecule has 0 fully saturated rings. The lowest BCUT2D eigenvalue weighted by atomic mass is 10.1. The molecular formula is C12H12N2O3S. The SMILES string of the molecule is Cc1ccc(NS(=O)(=O)CC#N)cc1C#CCO. The Hall–Kier alpha value is -2.02. The number of hydrogen-bond acceptors (Lipinski definition) is 4. The normalized spacial score (nSPS) is 10.1. The Bertz CT molecular complexity index is 634. The molecule has 1 aromatic carbocycles. The molecule has 2 N–H and O–H groups in total. The number of sulfonamides is 1. The van der Waals surface area contributed by atoms with E-state index in [0.717, 1.165) is 5.56 Å². The van der Waals surface area contributed by atoms with Gasteiger partial charge in [0.1, 0.15) is 6.61 Å². The molecule has 1 rings (SSSR count). The monoisotopic (exact) mass is 264 g/mol. The predicted molar refractivity (Wildman–Crippen MR) is 68.2 cm³/mol. The van der Waals surface area contributed by atoms with Crippen molar-refractivity contribution >= 4 is 15.7 Å². The molecule has 0 saturated heterocycles. The number of nitrogens with zero attached hydrogens (tertiary/aromatic N) is 1. The number of aliphatic hydroxyl groups excluding tert-OH is 1. The second-order valence-electron chi connectivity index (χ2n) is 3.51. The lowest BCUT2D eigenvalue weighted by Gasteiger charge is -2.06. The first-order chi connectivity index (χ1) is 8.48. The highest BCUT2D eigenvalue weighted by Gasteiger charge is 2.09. The molecule has 94 valence electrons. The van der Waals surface area contributed by atoms with E-state index in [1.165, 1.54) is 0 Å². The first kappa shape index (κ1) is 14.0. The Morgan fingerprint density at radius 3 is 2.78 bits per heavy atom. The molecule has 18 heavy (non-hydrogen) atoms. The number of aryl methyl sites for hydroxylation is 1. The first-order valence-corrected chi connectivity index (χ1v) is 6.71. The fourth-order valence-electron chi connectivity index (χ4n) is 1.26.